The zero-order chi connectivity index (χ0) is 12.8. The van der Waals surface area contributed by atoms with Gasteiger partial charge in [-0.2, -0.15) is 0 Å². The number of thioether (sulfide) groups is 1. The number of nitro groups is 1. The highest BCUT2D eigenvalue weighted by molar-refractivity contribution is 7.99. The molecule has 5 nitrogen and oxygen atoms in total. The standard InChI is InChI=1S/C11H15NO4S/c1-8(2)16-11-7-9(17-6-5-13)3-4-10(11)12(14)15/h3-4,7-8,13H,5-6H2,1-2H3. The minimum atomic E-state index is -0.460. The van der Waals surface area contributed by atoms with E-state index in [9.17, 15) is 10.1 Å². The zero-order valence-corrected chi connectivity index (χ0v) is 10.6. The van der Waals surface area contributed by atoms with E-state index in [-0.39, 0.29) is 24.1 Å². The van der Waals surface area contributed by atoms with Gasteiger partial charge in [0.25, 0.3) is 0 Å². The Kier molecular flexibility index (Phi) is 5.24. The van der Waals surface area contributed by atoms with Gasteiger partial charge in [0.05, 0.1) is 17.6 Å². The molecule has 1 N–H and O–H groups in total. The van der Waals surface area contributed by atoms with Gasteiger partial charge in [-0.25, -0.2) is 0 Å². The molecule has 0 spiro atoms. The highest BCUT2D eigenvalue weighted by Gasteiger charge is 2.16. The fraction of sp³-hybridized carbons (Fsp3) is 0.455. The summed E-state index contributed by atoms with van der Waals surface area (Å²) < 4.78 is 5.41. The van der Waals surface area contributed by atoms with Gasteiger partial charge >= 0.3 is 5.69 Å². The molecule has 0 aliphatic carbocycles. The Morgan fingerprint density at radius 1 is 1.53 bits per heavy atom. The highest BCUT2D eigenvalue weighted by Crippen LogP contribution is 2.32. The quantitative estimate of drug-likeness (QED) is 0.481. The number of nitro benzene ring substituents is 1. The normalized spacial score (nSPS) is 10.6. The molecule has 1 aromatic carbocycles. The number of aliphatic hydroxyl groups is 1. The average molecular weight is 257 g/mol. The molecule has 0 aliphatic heterocycles. The van der Waals surface area contributed by atoms with Crippen LogP contribution in [-0.2, 0) is 0 Å². The topological polar surface area (TPSA) is 72.6 Å². The van der Waals surface area contributed by atoms with Crippen LogP contribution in [0.3, 0.4) is 0 Å². The summed E-state index contributed by atoms with van der Waals surface area (Å²) in [5.41, 5.74) is -0.0351. The van der Waals surface area contributed by atoms with Crippen molar-refractivity contribution in [3.8, 4) is 5.75 Å². The summed E-state index contributed by atoms with van der Waals surface area (Å²) in [6, 6.07) is 4.72. The average Bonchev–Trinajstić information content (AvgIpc) is 2.25. The molecule has 0 amide bonds. The summed E-state index contributed by atoms with van der Waals surface area (Å²) >= 11 is 1.43. The third kappa shape index (κ3) is 4.24. The van der Waals surface area contributed by atoms with Gasteiger partial charge in [0.2, 0.25) is 0 Å². The molecule has 0 aliphatic rings. The molecule has 17 heavy (non-hydrogen) atoms. The summed E-state index contributed by atoms with van der Waals surface area (Å²) in [5, 5.41) is 19.5. The summed E-state index contributed by atoms with van der Waals surface area (Å²) in [6.45, 7) is 3.70. The minimum absolute atomic E-state index is 0.0351. The Hall–Kier alpha value is -1.27. The van der Waals surface area contributed by atoms with E-state index < -0.39 is 4.92 Å². The lowest BCUT2D eigenvalue weighted by Gasteiger charge is -2.11. The maximum atomic E-state index is 10.8. The maximum Gasteiger partial charge on any atom is 0.311 e. The van der Waals surface area contributed by atoms with Gasteiger partial charge in [-0.3, -0.25) is 10.1 Å². The molecular weight excluding hydrogens is 242 g/mol. The monoisotopic (exact) mass is 257 g/mol. The number of aliphatic hydroxyl groups excluding tert-OH is 1. The number of ether oxygens (including phenoxy) is 1. The Labute approximate surface area is 104 Å². The summed E-state index contributed by atoms with van der Waals surface area (Å²) in [5.74, 6) is 0.826. The Bertz CT molecular complexity index is 395. The number of benzene rings is 1. The smallest absolute Gasteiger partial charge is 0.311 e. The number of hydrogen-bond donors (Lipinski definition) is 1. The van der Waals surface area contributed by atoms with E-state index >= 15 is 0 Å². The van der Waals surface area contributed by atoms with Crippen molar-refractivity contribution in [2.24, 2.45) is 0 Å². The van der Waals surface area contributed by atoms with Crippen molar-refractivity contribution in [1.82, 2.24) is 0 Å². The van der Waals surface area contributed by atoms with E-state index in [4.69, 9.17) is 9.84 Å². The van der Waals surface area contributed by atoms with E-state index in [1.54, 1.807) is 12.1 Å². The highest BCUT2D eigenvalue weighted by atomic mass is 32.2. The first kappa shape index (κ1) is 13.8. The van der Waals surface area contributed by atoms with Crippen LogP contribution < -0.4 is 4.74 Å². The van der Waals surface area contributed by atoms with Crippen molar-refractivity contribution in [3.05, 3.63) is 28.3 Å². The van der Waals surface area contributed by atoms with Gasteiger partial charge in [-0.05, 0) is 19.9 Å². The van der Waals surface area contributed by atoms with E-state index in [2.05, 4.69) is 0 Å². The summed E-state index contributed by atoms with van der Waals surface area (Å²) in [4.78, 5) is 11.2. The SMILES string of the molecule is CC(C)Oc1cc(SCCO)ccc1[N+](=O)[O-]. The summed E-state index contributed by atoms with van der Waals surface area (Å²) in [7, 11) is 0. The lowest BCUT2D eigenvalue weighted by atomic mass is 10.3. The van der Waals surface area contributed by atoms with Crippen molar-refractivity contribution in [1.29, 1.82) is 0 Å². The van der Waals surface area contributed by atoms with Gasteiger partial charge in [0.15, 0.2) is 5.75 Å². The first-order chi connectivity index (χ1) is 8.04. The largest absolute Gasteiger partial charge is 0.484 e. The molecule has 0 saturated heterocycles. The van der Waals surface area contributed by atoms with E-state index in [0.29, 0.717) is 5.75 Å². The van der Waals surface area contributed by atoms with Crippen LogP contribution >= 0.6 is 11.8 Å². The van der Waals surface area contributed by atoms with Crippen molar-refractivity contribution >= 4 is 17.4 Å². The molecule has 0 unspecified atom stereocenters. The van der Waals surface area contributed by atoms with Gasteiger partial charge in [0, 0.05) is 22.8 Å². The molecule has 6 heteroatoms. The third-order valence-electron chi connectivity index (χ3n) is 1.85. The predicted molar refractivity (Wildman–Crippen MR) is 66.7 cm³/mol. The van der Waals surface area contributed by atoms with E-state index in [1.807, 2.05) is 13.8 Å². The van der Waals surface area contributed by atoms with Crippen LogP contribution in [0.5, 0.6) is 5.75 Å². The van der Waals surface area contributed by atoms with Crippen molar-refractivity contribution in [2.45, 2.75) is 24.8 Å². The van der Waals surface area contributed by atoms with E-state index in [1.165, 1.54) is 17.8 Å². The molecule has 0 atom stereocenters. The van der Waals surface area contributed by atoms with Crippen molar-refractivity contribution < 1.29 is 14.8 Å². The van der Waals surface area contributed by atoms with E-state index in [0.717, 1.165) is 4.90 Å². The Balaban J connectivity index is 2.97. The molecule has 0 radical (unpaired) electrons. The minimum Gasteiger partial charge on any atom is -0.484 e. The fourth-order valence-electron chi connectivity index (χ4n) is 1.25. The molecule has 0 heterocycles. The molecular formula is C11H15NO4S. The van der Waals surface area contributed by atoms with Gasteiger partial charge in [-0.1, -0.05) is 0 Å². The summed E-state index contributed by atoms with van der Waals surface area (Å²) in [6.07, 6.45) is -0.119. The van der Waals surface area contributed by atoms with Gasteiger partial charge < -0.3 is 9.84 Å². The Morgan fingerprint density at radius 3 is 2.76 bits per heavy atom. The van der Waals surface area contributed by atoms with Gasteiger partial charge in [-0.15, -0.1) is 11.8 Å². The molecule has 0 aromatic heterocycles. The molecule has 1 rings (SSSR count). The fourth-order valence-corrected chi connectivity index (χ4v) is 1.93. The number of nitrogens with zero attached hydrogens (tertiary/aromatic N) is 1. The second-order valence-corrected chi connectivity index (χ2v) is 4.79. The predicted octanol–water partition coefficient (Wildman–Crippen LogP) is 2.47. The first-order valence-corrected chi connectivity index (χ1v) is 6.22. The lowest BCUT2D eigenvalue weighted by Crippen LogP contribution is -2.07. The molecule has 0 fully saturated rings. The third-order valence-corrected chi connectivity index (χ3v) is 2.82. The van der Waals surface area contributed by atoms with Crippen LogP contribution in [0, 0.1) is 10.1 Å². The molecule has 0 bridgehead atoms. The van der Waals surface area contributed by atoms with Crippen molar-refractivity contribution in [2.75, 3.05) is 12.4 Å². The first-order valence-electron chi connectivity index (χ1n) is 5.23. The van der Waals surface area contributed by atoms with Crippen LogP contribution in [0.2, 0.25) is 0 Å². The van der Waals surface area contributed by atoms with Crippen LogP contribution in [-0.4, -0.2) is 28.5 Å². The van der Waals surface area contributed by atoms with Gasteiger partial charge in [0.1, 0.15) is 0 Å². The molecule has 0 saturated carbocycles. The second kappa shape index (κ2) is 6.46. The second-order valence-electron chi connectivity index (χ2n) is 3.63. The molecule has 1 aromatic rings. The number of hydrogen-bond acceptors (Lipinski definition) is 5. The van der Waals surface area contributed by atoms with Crippen molar-refractivity contribution in [3.63, 3.8) is 0 Å². The van der Waals surface area contributed by atoms with Crippen LogP contribution in [0.4, 0.5) is 5.69 Å². The Morgan fingerprint density at radius 2 is 2.24 bits per heavy atom. The van der Waals surface area contributed by atoms with Crippen LogP contribution in [0.25, 0.3) is 0 Å². The zero-order valence-electron chi connectivity index (χ0n) is 9.75. The lowest BCUT2D eigenvalue weighted by molar-refractivity contribution is -0.386. The van der Waals surface area contributed by atoms with Crippen LogP contribution in [0.15, 0.2) is 23.1 Å². The van der Waals surface area contributed by atoms with Crippen LogP contribution in [0.1, 0.15) is 13.8 Å². The molecule has 94 valence electrons. The maximum absolute atomic E-state index is 10.8. The number of rotatable bonds is 6.